The Bertz CT molecular complexity index is 480. The van der Waals surface area contributed by atoms with E-state index >= 15 is 0 Å². The molecule has 20 heavy (non-hydrogen) atoms. The Morgan fingerprint density at radius 3 is 2.90 bits per heavy atom. The van der Waals surface area contributed by atoms with Crippen molar-refractivity contribution < 1.29 is 4.74 Å². The normalized spacial score (nSPS) is 26.6. The van der Waals surface area contributed by atoms with Crippen molar-refractivity contribution in [3.8, 4) is 5.75 Å². The zero-order valence-corrected chi connectivity index (χ0v) is 13.1. The number of halogens is 1. The number of benzene rings is 1. The molecule has 2 saturated heterocycles. The van der Waals surface area contributed by atoms with Crippen molar-refractivity contribution in [1.29, 1.82) is 0 Å². The van der Waals surface area contributed by atoms with Gasteiger partial charge in [0, 0.05) is 30.9 Å². The maximum atomic E-state index is 6.29. The maximum Gasteiger partial charge on any atom is 0.137 e. The van der Waals surface area contributed by atoms with Gasteiger partial charge < -0.3 is 9.64 Å². The van der Waals surface area contributed by atoms with Crippen LogP contribution in [-0.2, 0) is 0 Å². The first-order valence-electron chi connectivity index (χ1n) is 7.57. The highest BCUT2D eigenvalue weighted by Crippen LogP contribution is 2.34. The maximum absolute atomic E-state index is 6.29. The molecule has 0 aromatic heterocycles. The molecule has 0 amide bonds. The highest BCUT2D eigenvalue weighted by molar-refractivity contribution is 6.32. The number of hydrogen-bond donors (Lipinski definition) is 0. The highest BCUT2D eigenvalue weighted by Gasteiger charge is 2.35. The molecule has 0 radical (unpaired) electrons. The minimum Gasteiger partial charge on any atom is -0.495 e. The highest BCUT2D eigenvalue weighted by atomic mass is 35.5. The molecule has 2 aliphatic rings. The summed E-state index contributed by atoms with van der Waals surface area (Å²) in [6.45, 7) is 5.86. The molecule has 4 heteroatoms. The predicted octanol–water partition coefficient (Wildman–Crippen LogP) is 3.41. The lowest BCUT2D eigenvalue weighted by Gasteiger charge is -2.45. The third-order valence-corrected chi connectivity index (χ3v) is 5.03. The summed E-state index contributed by atoms with van der Waals surface area (Å²) in [5.41, 5.74) is 1.23. The molecule has 3 rings (SSSR count). The Labute approximate surface area is 126 Å². The molecule has 0 N–H and O–H groups in total. The number of hydrogen-bond acceptors (Lipinski definition) is 3. The molecule has 2 heterocycles. The molecule has 2 unspecified atom stereocenters. The second-order valence-corrected chi connectivity index (χ2v) is 6.23. The van der Waals surface area contributed by atoms with Crippen LogP contribution in [0.3, 0.4) is 0 Å². The lowest BCUT2D eigenvalue weighted by molar-refractivity contribution is 0.194. The molecule has 2 atom stereocenters. The van der Waals surface area contributed by atoms with Gasteiger partial charge in [-0.05, 0) is 44.0 Å². The number of nitrogens with zero attached hydrogens (tertiary/aromatic N) is 2. The smallest absolute Gasteiger partial charge is 0.137 e. The fourth-order valence-corrected chi connectivity index (χ4v) is 3.84. The number of piperazine rings is 1. The molecule has 1 aromatic carbocycles. The van der Waals surface area contributed by atoms with Gasteiger partial charge in [-0.1, -0.05) is 18.5 Å². The van der Waals surface area contributed by atoms with Crippen LogP contribution in [0.2, 0.25) is 5.02 Å². The van der Waals surface area contributed by atoms with Gasteiger partial charge >= 0.3 is 0 Å². The minimum atomic E-state index is 0.591. The SMILES string of the molecule is CCC1CN2CCCC2CN1c1ccc(OC)c(Cl)c1. The fraction of sp³-hybridized carbons (Fsp3) is 0.625. The molecule has 110 valence electrons. The second kappa shape index (κ2) is 5.82. The summed E-state index contributed by atoms with van der Waals surface area (Å²) in [7, 11) is 1.66. The van der Waals surface area contributed by atoms with Crippen molar-refractivity contribution in [3.63, 3.8) is 0 Å². The van der Waals surface area contributed by atoms with Crippen LogP contribution < -0.4 is 9.64 Å². The van der Waals surface area contributed by atoms with Crippen LogP contribution >= 0.6 is 11.6 Å². The number of ether oxygens (including phenoxy) is 1. The third-order valence-electron chi connectivity index (χ3n) is 4.73. The summed E-state index contributed by atoms with van der Waals surface area (Å²) < 4.78 is 5.25. The van der Waals surface area contributed by atoms with Crippen molar-refractivity contribution in [1.82, 2.24) is 4.90 Å². The van der Waals surface area contributed by atoms with Crippen LogP contribution in [0.1, 0.15) is 26.2 Å². The number of anilines is 1. The molecule has 0 aliphatic carbocycles. The van der Waals surface area contributed by atoms with Gasteiger partial charge in [0.15, 0.2) is 0 Å². The molecule has 0 spiro atoms. The van der Waals surface area contributed by atoms with Gasteiger partial charge in [0.2, 0.25) is 0 Å². The van der Waals surface area contributed by atoms with E-state index in [9.17, 15) is 0 Å². The monoisotopic (exact) mass is 294 g/mol. The zero-order valence-electron chi connectivity index (χ0n) is 12.3. The summed E-state index contributed by atoms with van der Waals surface area (Å²) in [5, 5.41) is 0.703. The fourth-order valence-electron chi connectivity index (χ4n) is 3.59. The van der Waals surface area contributed by atoms with Gasteiger partial charge in [-0.25, -0.2) is 0 Å². The van der Waals surface area contributed by atoms with Crippen molar-refractivity contribution >= 4 is 17.3 Å². The first kappa shape index (κ1) is 14.0. The summed E-state index contributed by atoms with van der Waals surface area (Å²) in [4.78, 5) is 5.20. The zero-order chi connectivity index (χ0) is 14.1. The van der Waals surface area contributed by atoms with Crippen LogP contribution in [-0.4, -0.2) is 43.7 Å². The van der Waals surface area contributed by atoms with Crippen molar-refractivity contribution in [2.75, 3.05) is 31.6 Å². The van der Waals surface area contributed by atoms with E-state index in [4.69, 9.17) is 16.3 Å². The first-order chi connectivity index (χ1) is 9.72. The number of fused-ring (bicyclic) bond motifs is 1. The van der Waals surface area contributed by atoms with Crippen molar-refractivity contribution in [2.45, 2.75) is 38.3 Å². The standard InChI is InChI=1S/C16H23ClN2O/c1-3-12-10-18-8-4-5-14(18)11-19(12)13-6-7-16(20-2)15(17)9-13/h6-7,9,12,14H,3-5,8,10-11H2,1-2H3. The van der Waals surface area contributed by atoms with E-state index in [0.29, 0.717) is 11.1 Å². The molecule has 2 fully saturated rings. The summed E-state index contributed by atoms with van der Waals surface area (Å²) in [6.07, 6.45) is 3.85. The molecule has 2 aliphatic heterocycles. The van der Waals surface area contributed by atoms with Crippen LogP contribution in [0.4, 0.5) is 5.69 Å². The quantitative estimate of drug-likeness (QED) is 0.850. The molecule has 0 saturated carbocycles. The molecular formula is C16H23ClN2O. The van der Waals surface area contributed by atoms with Gasteiger partial charge in [0.1, 0.15) is 5.75 Å². The largest absolute Gasteiger partial charge is 0.495 e. The van der Waals surface area contributed by atoms with Gasteiger partial charge in [0.25, 0.3) is 0 Å². The Kier molecular flexibility index (Phi) is 4.08. The van der Waals surface area contributed by atoms with Gasteiger partial charge in [-0.3, -0.25) is 4.90 Å². The van der Waals surface area contributed by atoms with E-state index < -0.39 is 0 Å². The molecule has 1 aromatic rings. The second-order valence-electron chi connectivity index (χ2n) is 5.82. The number of rotatable bonds is 3. The van der Waals surface area contributed by atoms with Gasteiger partial charge in [-0.15, -0.1) is 0 Å². The van der Waals surface area contributed by atoms with Gasteiger partial charge in [0.05, 0.1) is 12.1 Å². The van der Waals surface area contributed by atoms with Crippen LogP contribution in [0.15, 0.2) is 18.2 Å². The predicted molar refractivity (Wildman–Crippen MR) is 84.0 cm³/mol. The van der Waals surface area contributed by atoms with E-state index in [1.54, 1.807) is 7.11 Å². The Hall–Kier alpha value is -0.930. The number of methoxy groups -OCH3 is 1. The Morgan fingerprint density at radius 1 is 1.35 bits per heavy atom. The summed E-state index contributed by atoms with van der Waals surface area (Å²) >= 11 is 6.29. The van der Waals surface area contributed by atoms with E-state index in [-0.39, 0.29) is 0 Å². The summed E-state index contributed by atoms with van der Waals surface area (Å²) in [5.74, 6) is 0.753. The van der Waals surface area contributed by atoms with Crippen molar-refractivity contribution in [3.05, 3.63) is 23.2 Å². The third kappa shape index (κ3) is 2.49. The molecule has 3 nitrogen and oxygen atoms in total. The lowest BCUT2D eigenvalue weighted by Crippen LogP contribution is -2.56. The lowest BCUT2D eigenvalue weighted by atomic mass is 10.0. The van der Waals surface area contributed by atoms with Crippen LogP contribution in [0.25, 0.3) is 0 Å². The average Bonchev–Trinajstić information content (AvgIpc) is 2.92. The van der Waals surface area contributed by atoms with Gasteiger partial charge in [-0.2, -0.15) is 0 Å². The van der Waals surface area contributed by atoms with E-state index in [1.165, 1.54) is 38.0 Å². The minimum absolute atomic E-state index is 0.591. The topological polar surface area (TPSA) is 15.7 Å². The first-order valence-corrected chi connectivity index (χ1v) is 7.95. The van der Waals surface area contributed by atoms with E-state index in [0.717, 1.165) is 18.3 Å². The van der Waals surface area contributed by atoms with Crippen LogP contribution in [0.5, 0.6) is 5.75 Å². The Balaban J connectivity index is 1.85. The summed E-state index contributed by atoms with van der Waals surface area (Å²) in [6, 6.07) is 7.48. The Morgan fingerprint density at radius 2 is 2.20 bits per heavy atom. The van der Waals surface area contributed by atoms with E-state index in [2.05, 4.69) is 22.8 Å². The van der Waals surface area contributed by atoms with Crippen molar-refractivity contribution in [2.24, 2.45) is 0 Å². The molecule has 0 bridgehead atoms. The molecular weight excluding hydrogens is 272 g/mol. The van der Waals surface area contributed by atoms with E-state index in [1.807, 2.05) is 12.1 Å². The average molecular weight is 295 g/mol. The van der Waals surface area contributed by atoms with Crippen LogP contribution in [0, 0.1) is 0 Å².